The maximum atomic E-state index is 13.8. The van der Waals surface area contributed by atoms with Crippen molar-refractivity contribution in [3.63, 3.8) is 0 Å². The predicted molar refractivity (Wildman–Crippen MR) is 74.6 cm³/mol. The molecule has 1 aromatic carbocycles. The highest BCUT2D eigenvalue weighted by Gasteiger charge is 2.24. The SMILES string of the molecule is CC(C)C(=O)NC1CCCN(c2cc(F)ccc2F)C1. The first-order valence-electron chi connectivity index (χ1n) is 6.97. The second-order valence-corrected chi connectivity index (χ2v) is 5.54. The molecular formula is C15H20F2N2O. The molecule has 0 radical (unpaired) electrons. The summed E-state index contributed by atoms with van der Waals surface area (Å²) in [5.41, 5.74) is 0.272. The summed E-state index contributed by atoms with van der Waals surface area (Å²) in [6, 6.07) is 3.45. The number of nitrogens with zero attached hydrogens (tertiary/aromatic N) is 1. The molecule has 0 aliphatic carbocycles. The molecular weight excluding hydrogens is 262 g/mol. The molecule has 0 saturated carbocycles. The molecule has 1 atom stereocenters. The molecule has 1 aliphatic heterocycles. The zero-order chi connectivity index (χ0) is 14.7. The van der Waals surface area contributed by atoms with Gasteiger partial charge in [-0.15, -0.1) is 0 Å². The van der Waals surface area contributed by atoms with Crippen LogP contribution in [-0.4, -0.2) is 25.0 Å². The fourth-order valence-corrected chi connectivity index (χ4v) is 2.41. The van der Waals surface area contributed by atoms with Crippen molar-refractivity contribution < 1.29 is 13.6 Å². The number of carbonyl (C=O) groups is 1. The number of carbonyl (C=O) groups excluding carboxylic acids is 1. The minimum atomic E-state index is -0.449. The van der Waals surface area contributed by atoms with E-state index in [-0.39, 0.29) is 23.6 Å². The third kappa shape index (κ3) is 3.46. The highest BCUT2D eigenvalue weighted by atomic mass is 19.1. The fraction of sp³-hybridized carbons (Fsp3) is 0.533. The molecule has 2 rings (SSSR count). The lowest BCUT2D eigenvalue weighted by atomic mass is 10.0. The Bertz CT molecular complexity index is 491. The number of nitrogens with one attached hydrogen (secondary N) is 1. The number of hydrogen-bond donors (Lipinski definition) is 1. The minimum Gasteiger partial charge on any atom is -0.367 e. The van der Waals surface area contributed by atoms with Crippen molar-refractivity contribution in [1.82, 2.24) is 5.32 Å². The lowest BCUT2D eigenvalue weighted by Crippen LogP contribution is -2.49. The van der Waals surface area contributed by atoms with Crippen LogP contribution in [0.1, 0.15) is 26.7 Å². The summed E-state index contributed by atoms with van der Waals surface area (Å²) in [4.78, 5) is 13.5. The molecule has 1 saturated heterocycles. The van der Waals surface area contributed by atoms with Gasteiger partial charge in [-0.3, -0.25) is 4.79 Å². The van der Waals surface area contributed by atoms with E-state index in [0.717, 1.165) is 25.0 Å². The second-order valence-electron chi connectivity index (χ2n) is 5.54. The van der Waals surface area contributed by atoms with Gasteiger partial charge in [0.1, 0.15) is 11.6 Å². The first-order chi connectivity index (χ1) is 9.47. The van der Waals surface area contributed by atoms with E-state index in [1.54, 1.807) is 4.90 Å². The van der Waals surface area contributed by atoms with Gasteiger partial charge in [0.05, 0.1) is 5.69 Å². The lowest BCUT2D eigenvalue weighted by Gasteiger charge is -2.35. The van der Waals surface area contributed by atoms with Crippen molar-refractivity contribution in [3.8, 4) is 0 Å². The second kappa shape index (κ2) is 6.20. The van der Waals surface area contributed by atoms with Crippen LogP contribution in [0.15, 0.2) is 18.2 Å². The number of rotatable bonds is 3. The van der Waals surface area contributed by atoms with Gasteiger partial charge in [0, 0.05) is 31.1 Å². The number of benzene rings is 1. The zero-order valence-corrected chi connectivity index (χ0v) is 11.8. The summed E-state index contributed by atoms with van der Waals surface area (Å²) in [7, 11) is 0. The fourth-order valence-electron chi connectivity index (χ4n) is 2.41. The van der Waals surface area contributed by atoms with E-state index in [4.69, 9.17) is 0 Å². The van der Waals surface area contributed by atoms with Crippen LogP contribution in [0.4, 0.5) is 14.5 Å². The predicted octanol–water partition coefficient (Wildman–Crippen LogP) is 2.71. The van der Waals surface area contributed by atoms with Gasteiger partial charge in [0.25, 0.3) is 0 Å². The van der Waals surface area contributed by atoms with Gasteiger partial charge in [-0.2, -0.15) is 0 Å². The van der Waals surface area contributed by atoms with Crippen molar-refractivity contribution in [2.45, 2.75) is 32.7 Å². The van der Waals surface area contributed by atoms with Crippen LogP contribution in [-0.2, 0) is 4.79 Å². The summed E-state index contributed by atoms with van der Waals surface area (Å²) < 4.78 is 27.0. The molecule has 0 bridgehead atoms. The minimum absolute atomic E-state index is 0.00318. The van der Waals surface area contributed by atoms with Crippen LogP contribution in [0.3, 0.4) is 0 Å². The molecule has 1 heterocycles. The Labute approximate surface area is 118 Å². The number of hydrogen-bond acceptors (Lipinski definition) is 2. The molecule has 110 valence electrons. The van der Waals surface area contributed by atoms with Gasteiger partial charge in [0.15, 0.2) is 0 Å². The lowest BCUT2D eigenvalue weighted by molar-refractivity contribution is -0.124. The Balaban J connectivity index is 2.06. The first kappa shape index (κ1) is 14.8. The molecule has 1 aromatic rings. The summed E-state index contributed by atoms with van der Waals surface area (Å²) in [6.45, 7) is 4.86. The summed E-state index contributed by atoms with van der Waals surface area (Å²) in [6.07, 6.45) is 1.71. The maximum Gasteiger partial charge on any atom is 0.222 e. The van der Waals surface area contributed by atoms with Crippen LogP contribution in [0.2, 0.25) is 0 Å². The topological polar surface area (TPSA) is 32.3 Å². The van der Waals surface area contributed by atoms with Gasteiger partial charge >= 0.3 is 0 Å². The van der Waals surface area contributed by atoms with E-state index >= 15 is 0 Å². The summed E-state index contributed by atoms with van der Waals surface area (Å²) in [5, 5.41) is 2.96. The number of amides is 1. The molecule has 1 amide bonds. The van der Waals surface area contributed by atoms with Crippen LogP contribution in [0.5, 0.6) is 0 Å². The average molecular weight is 282 g/mol. The van der Waals surface area contributed by atoms with Gasteiger partial charge < -0.3 is 10.2 Å². The Morgan fingerprint density at radius 3 is 2.85 bits per heavy atom. The largest absolute Gasteiger partial charge is 0.367 e. The third-order valence-electron chi connectivity index (χ3n) is 3.54. The van der Waals surface area contributed by atoms with E-state index in [1.165, 1.54) is 6.07 Å². The highest BCUT2D eigenvalue weighted by Crippen LogP contribution is 2.24. The maximum absolute atomic E-state index is 13.8. The monoisotopic (exact) mass is 282 g/mol. The van der Waals surface area contributed by atoms with E-state index in [2.05, 4.69) is 5.32 Å². The van der Waals surface area contributed by atoms with E-state index in [0.29, 0.717) is 13.1 Å². The van der Waals surface area contributed by atoms with Gasteiger partial charge in [-0.1, -0.05) is 13.8 Å². The van der Waals surface area contributed by atoms with Crippen molar-refractivity contribution in [2.24, 2.45) is 5.92 Å². The average Bonchev–Trinajstić information content (AvgIpc) is 2.41. The molecule has 5 heteroatoms. The molecule has 1 fully saturated rings. The molecule has 1 aliphatic rings. The summed E-state index contributed by atoms with van der Waals surface area (Å²) >= 11 is 0. The smallest absolute Gasteiger partial charge is 0.222 e. The van der Waals surface area contributed by atoms with Gasteiger partial charge in [-0.05, 0) is 25.0 Å². The zero-order valence-electron chi connectivity index (χ0n) is 11.8. The Morgan fingerprint density at radius 1 is 1.40 bits per heavy atom. The molecule has 3 nitrogen and oxygen atoms in total. The normalized spacial score (nSPS) is 19.2. The third-order valence-corrected chi connectivity index (χ3v) is 3.54. The number of anilines is 1. The molecule has 0 aromatic heterocycles. The van der Waals surface area contributed by atoms with Crippen molar-refractivity contribution in [1.29, 1.82) is 0 Å². The van der Waals surface area contributed by atoms with Gasteiger partial charge in [-0.25, -0.2) is 8.78 Å². The summed E-state index contributed by atoms with van der Waals surface area (Å²) in [5.74, 6) is -0.954. The quantitative estimate of drug-likeness (QED) is 0.924. The standard InChI is InChI=1S/C15H20F2N2O/c1-10(2)15(20)18-12-4-3-7-19(9-12)14-8-11(16)5-6-13(14)17/h5-6,8,10,12H,3-4,7,9H2,1-2H3,(H,18,20). The van der Waals surface area contributed by atoms with E-state index in [1.807, 2.05) is 13.8 Å². The van der Waals surface area contributed by atoms with Crippen LogP contribution in [0, 0.1) is 17.6 Å². The Morgan fingerprint density at radius 2 is 2.15 bits per heavy atom. The number of piperidine rings is 1. The van der Waals surface area contributed by atoms with E-state index < -0.39 is 11.6 Å². The Hall–Kier alpha value is -1.65. The van der Waals surface area contributed by atoms with Crippen LogP contribution in [0.25, 0.3) is 0 Å². The molecule has 1 unspecified atom stereocenters. The molecule has 20 heavy (non-hydrogen) atoms. The van der Waals surface area contributed by atoms with Crippen molar-refractivity contribution in [2.75, 3.05) is 18.0 Å². The van der Waals surface area contributed by atoms with Crippen molar-refractivity contribution >= 4 is 11.6 Å². The highest BCUT2D eigenvalue weighted by molar-refractivity contribution is 5.78. The van der Waals surface area contributed by atoms with Crippen LogP contribution >= 0.6 is 0 Å². The van der Waals surface area contributed by atoms with Crippen LogP contribution < -0.4 is 10.2 Å². The Kier molecular flexibility index (Phi) is 4.57. The van der Waals surface area contributed by atoms with Gasteiger partial charge in [0.2, 0.25) is 5.91 Å². The first-order valence-corrected chi connectivity index (χ1v) is 6.97. The number of halogens is 2. The van der Waals surface area contributed by atoms with E-state index in [9.17, 15) is 13.6 Å². The van der Waals surface area contributed by atoms with Crippen molar-refractivity contribution in [3.05, 3.63) is 29.8 Å². The molecule has 1 N–H and O–H groups in total. The molecule has 0 spiro atoms.